The van der Waals surface area contributed by atoms with E-state index < -0.39 is 12.2 Å². The molecule has 0 bridgehead atoms. The molecular weight excluding hydrogens is 401 g/mol. The number of hydrogen-bond donors (Lipinski definition) is 2. The molecule has 1 saturated heterocycles. The Morgan fingerprint density at radius 3 is 2.65 bits per heavy atom. The zero-order chi connectivity index (χ0) is 22.1. The normalized spacial score (nSPS) is 18.8. The number of hydrogen-bond acceptors (Lipinski definition) is 8. The third kappa shape index (κ3) is 4.24. The molecule has 0 aliphatic carbocycles. The standard InChI is InChI=1S/C22H26FN5O3/c1-13-18(7-6-17(24-13)22(30)31-3)28-10-8-27(9-11-28)12-15-4-5-16-20(19(15)23)26-21(29)14(2)25-16/h4-7,21,26,29H,8-12H2,1-3H3. The molecule has 0 radical (unpaired) electrons. The Balaban J connectivity index is 1.41. The highest BCUT2D eigenvalue weighted by atomic mass is 19.1. The minimum absolute atomic E-state index is 0.252. The summed E-state index contributed by atoms with van der Waals surface area (Å²) in [5.41, 5.74) is 3.90. The number of piperazine rings is 1. The van der Waals surface area contributed by atoms with Gasteiger partial charge in [0.15, 0.2) is 12.0 Å². The number of rotatable bonds is 4. The molecule has 164 valence electrons. The van der Waals surface area contributed by atoms with Crippen molar-refractivity contribution in [3.63, 3.8) is 0 Å². The molecule has 1 fully saturated rings. The van der Waals surface area contributed by atoms with Gasteiger partial charge in [-0.25, -0.2) is 14.2 Å². The summed E-state index contributed by atoms with van der Waals surface area (Å²) in [6.07, 6.45) is -0.969. The number of nitrogens with zero attached hydrogens (tertiary/aromatic N) is 4. The van der Waals surface area contributed by atoms with Gasteiger partial charge in [-0.3, -0.25) is 9.89 Å². The lowest BCUT2D eigenvalue weighted by atomic mass is 10.1. The number of aryl methyl sites for hydroxylation is 1. The van der Waals surface area contributed by atoms with E-state index in [1.54, 1.807) is 25.1 Å². The predicted molar refractivity (Wildman–Crippen MR) is 117 cm³/mol. The first-order chi connectivity index (χ1) is 14.9. The van der Waals surface area contributed by atoms with Gasteiger partial charge in [-0.15, -0.1) is 0 Å². The summed E-state index contributed by atoms with van der Waals surface area (Å²) >= 11 is 0. The van der Waals surface area contributed by atoms with Gasteiger partial charge in [-0.1, -0.05) is 6.07 Å². The molecule has 9 heteroatoms. The highest BCUT2D eigenvalue weighted by molar-refractivity contribution is 5.95. The van der Waals surface area contributed by atoms with E-state index in [1.807, 2.05) is 13.0 Å². The molecule has 31 heavy (non-hydrogen) atoms. The second kappa shape index (κ2) is 8.60. The van der Waals surface area contributed by atoms with Crippen LogP contribution in [0, 0.1) is 12.7 Å². The molecule has 8 nitrogen and oxygen atoms in total. The lowest BCUT2D eigenvalue weighted by molar-refractivity contribution is 0.0594. The van der Waals surface area contributed by atoms with E-state index in [2.05, 4.69) is 25.1 Å². The second-order valence-corrected chi connectivity index (χ2v) is 7.79. The quantitative estimate of drug-likeness (QED) is 0.725. The van der Waals surface area contributed by atoms with E-state index in [0.29, 0.717) is 29.2 Å². The summed E-state index contributed by atoms with van der Waals surface area (Å²) in [6, 6.07) is 7.11. The Labute approximate surface area is 180 Å². The highest BCUT2D eigenvalue weighted by Crippen LogP contribution is 2.34. The highest BCUT2D eigenvalue weighted by Gasteiger charge is 2.24. The van der Waals surface area contributed by atoms with Crippen molar-refractivity contribution in [3.8, 4) is 0 Å². The van der Waals surface area contributed by atoms with Gasteiger partial charge < -0.3 is 20.1 Å². The average Bonchev–Trinajstić information content (AvgIpc) is 2.77. The summed E-state index contributed by atoms with van der Waals surface area (Å²) in [6.45, 7) is 7.13. The van der Waals surface area contributed by atoms with E-state index in [1.165, 1.54) is 7.11 Å². The predicted octanol–water partition coefficient (Wildman–Crippen LogP) is 2.47. The number of aliphatic hydroxyl groups is 1. The lowest BCUT2D eigenvalue weighted by Crippen LogP contribution is -2.46. The molecule has 1 aromatic carbocycles. The van der Waals surface area contributed by atoms with E-state index in [0.717, 1.165) is 37.6 Å². The van der Waals surface area contributed by atoms with Gasteiger partial charge in [0.2, 0.25) is 0 Å². The third-order valence-electron chi connectivity index (χ3n) is 5.73. The molecule has 1 atom stereocenters. The minimum atomic E-state index is -0.969. The van der Waals surface area contributed by atoms with Gasteiger partial charge in [0, 0.05) is 38.3 Å². The van der Waals surface area contributed by atoms with Crippen molar-refractivity contribution in [1.29, 1.82) is 0 Å². The van der Waals surface area contributed by atoms with Gasteiger partial charge >= 0.3 is 5.97 Å². The fourth-order valence-electron chi connectivity index (χ4n) is 3.95. The summed E-state index contributed by atoms with van der Waals surface area (Å²) in [5, 5.41) is 12.7. The summed E-state index contributed by atoms with van der Waals surface area (Å²) in [7, 11) is 1.34. The van der Waals surface area contributed by atoms with Crippen LogP contribution >= 0.6 is 0 Å². The number of benzene rings is 1. The van der Waals surface area contributed by atoms with Crippen molar-refractivity contribution in [1.82, 2.24) is 9.88 Å². The summed E-state index contributed by atoms with van der Waals surface area (Å²) < 4.78 is 19.7. The lowest BCUT2D eigenvalue weighted by Gasteiger charge is -2.36. The number of aromatic nitrogens is 1. The number of ether oxygens (including phenoxy) is 1. The molecule has 0 saturated carbocycles. The maximum atomic E-state index is 15.0. The van der Waals surface area contributed by atoms with Crippen molar-refractivity contribution < 1.29 is 19.0 Å². The Hall–Kier alpha value is -3.04. The van der Waals surface area contributed by atoms with Crippen LogP contribution in [-0.4, -0.2) is 66.2 Å². The first kappa shape index (κ1) is 21.2. The molecule has 2 N–H and O–H groups in total. The smallest absolute Gasteiger partial charge is 0.356 e. The van der Waals surface area contributed by atoms with Crippen LogP contribution in [0.2, 0.25) is 0 Å². The van der Waals surface area contributed by atoms with Crippen LogP contribution in [0.15, 0.2) is 29.3 Å². The number of halogens is 1. The molecule has 4 rings (SSSR count). The number of nitrogens with one attached hydrogen (secondary N) is 1. The number of pyridine rings is 1. The number of methoxy groups -OCH3 is 1. The van der Waals surface area contributed by atoms with Gasteiger partial charge in [-0.2, -0.15) is 0 Å². The van der Waals surface area contributed by atoms with Crippen LogP contribution in [0.1, 0.15) is 28.7 Å². The summed E-state index contributed by atoms with van der Waals surface area (Å²) in [5.74, 6) is -0.817. The van der Waals surface area contributed by atoms with Crippen molar-refractivity contribution in [2.45, 2.75) is 26.6 Å². The SMILES string of the molecule is COC(=O)c1ccc(N2CCN(Cc3ccc4c(c3F)NC(O)C(C)=N4)CC2)c(C)n1. The van der Waals surface area contributed by atoms with Crippen LogP contribution in [0.25, 0.3) is 0 Å². The van der Waals surface area contributed by atoms with Crippen LogP contribution in [0.4, 0.5) is 21.5 Å². The number of anilines is 2. The Bertz CT molecular complexity index is 1030. The van der Waals surface area contributed by atoms with Crippen LogP contribution in [0.3, 0.4) is 0 Å². The fraction of sp³-hybridized carbons (Fsp3) is 0.409. The van der Waals surface area contributed by atoms with E-state index in [4.69, 9.17) is 4.74 Å². The van der Waals surface area contributed by atoms with Crippen LogP contribution in [-0.2, 0) is 11.3 Å². The number of aliphatic imine (C=N–C) groups is 1. The number of aliphatic hydroxyl groups excluding tert-OH is 1. The van der Waals surface area contributed by atoms with Crippen molar-refractivity contribution in [2.75, 3.05) is 43.5 Å². The topological polar surface area (TPSA) is 90.3 Å². The minimum Gasteiger partial charge on any atom is -0.464 e. The Morgan fingerprint density at radius 2 is 1.97 bits per heavy atom. The molecule has 2 aliphatic rings. The summed E-state index contributed by atoms with van der Waals surface area (Å²) in [4.78, 5) is 24.7. The molecule has 2 aliphatic heterocycles. The Morgan fingerprint density at radius 1 is 1.23 bits per heavy atom. The fourth-order valence-corrected chi connectivity index (χ4v) is 3.95. The molecule has 1 aromatic heterocycles. The average molecular weight is 427 g/mol. The van der Waals surface area contributed by atoms with Gasteiger partial charge in [0.25, 0.3) is 0 Å². The van der Waals surface area contributed by atoms with Gasteiger partial charge in [0.1, 0.15) is 5.69 Å². The number of esters is 1. The molecule has 2 aromatic rings. The maximum Gasteiger partial charge on any atom is 0.356 e. The molecule has 1 unspecified atom stereocenters. The number of fused-ring (bicyclic) bond motifs is 1. The molecule has 0 amide bonds. The van der Waals surface area contributed by atoms with E-state index >= 15 is 4.39 Å². The molecule has 3 heterocycles. The maximum absolute atomic E-state index is 15.0. The van der Waals surface area contributed by atoms with Gasteiger partial charge in [-0.05, 0) is 32.0 Å². The number of carbonyl (C=O) groups excluding carboxylic acids is 1. The second-order valence-electron chi connectivity index (χ2n) is 7.79. The zero-order valence-corrected chi connectivity index (χ0v) is 17.9. The monoisotopic (exact) mass is 427 g/mol. The van der Waals surface area contributed by atoms with Crippen LogP contribution < -0.4 is 10.2 Å². The first-order valence-electron chi connectivity index (χ1n) is 10.2. The number of carbonyl (C=O) groups is 1. The first-order valence-corrected chi connectivity index (χ1v) is 10.2. The van der Waals surface area contributed by atoms with Gasteiger partial charge in [0.05, 0.1) is 35.6 Å². The van der Waals surface area contributed by atoms with E-state index in [-0.39, 0.29) is 11.5 Å². The van der Waals surface area contributed by atoms with Crippen LogP contribution in [0.5, 0.6) is 0 Å². The zero-order valence-electron chi connectivity index (χ0n) is 17.9. The van der Waals surface area contributed by atoms with Crippen molar-refractivity contribution in [3.05, 3.63) is 47.0 Å². The molecular formula is C22H26FN5O3. The third-order valence-corrected chi connectivity index (χ3v) is 5.73. The Kier molecular flexibility index (Phi) is 5.88. The van der Waals surface area contributed by atoms with Crippen molar-refractivity contribution >= 4 is 28.7 Å². The van der Waals surface area contributed by atoms with Crippen molar-refractivity contribution in [2.24, 2.45) is 4.99 Å². The van der Waals surface area contributed by atoms with E-state index in [9.17, 15) is 9.90 Å². The molecule has 0 spiro atoms. The largest absolute Gasteiger partial charge is 0.464 e.